The molecule has 1 heterocycles. The zero-order chi connectivity index (χ0) is 16.8. The minimum Gasteiger partial charge on any atom is -0.486 e. The molecule has 4 nitrogen and oxygen atoms in total. The highest BCUT2D eigenvalue weighted by molar-refractivity contribution is 5.91. The largest absolute Gasteiger partial charge is 0.486 e. The lowest BCUT2D eigenvalue weighted by molar-refractivity contribution is -0.116. The van der Waals surface area contributed by atoms with Crippen molar-refractivity contribution in [3.05, 3.63) is 65.5 Å². The molecule has 0 aromatic heterocycles. The Kier molecular flexibility index (Phi) is 5.11. The minimum atomic E-state index is -0.266. The normalized spacial score (nSPS) is 13.0. The third-order valence-corrected chi connectivity index (χ3v) is 3.60. The van der Waals surface area contributed by atoms with Crippen LogP contribution in [0.25, 0.3) is 6.08 Å². The highest BCUT2D eigenvalue weighted by Crippen LogP contribution is 2.31. The van der Waals surface area contributed by atoms with E-state index in [0.29, 0.717) is 31.9 Å². The Hall–Kier alpha value is -2.82. The van der Waals surface area contributed by atoms with Gasteiger partial charge in [0.15, 0.2) is 11.5 Å². The molecule has 1 N–H and O–H groups in total. The monoisotopic (exact) mass is 327 g/mol. The molecule has 0 unspecified atom stereocenters. The van der Waals surface area contributed by atoms with Crippen molar-refractivity contribution in [1.29, 1.82) is 0 Å². The third kappa shape index (κ3) is 4.35. The molecule has 0 atom stereocenters. The van der Waals surface area contributed by atoms with Gasteiger partial charge in [0.05, 0.1) is 0 Å². The summed E-state index contributed by atoms with van der Waals surface area (Å²) in [6.07, 6.45) is 3.77. The molecule has 24 heavy (non-hydrogen) atoms. The van der Waals surface area contributed by atoms with Gasteiger partial charge in [-0.1, -0.05) is 18.2 Å². The summed E-state index contributed by atoms with van der Waals surface area (Å²) < 4.78 is 24.0. The van der Waals surface area contributed by atoms with Crippen molar-refractivity contribution < 1.29 is 18.7 Å². The predicted octanol–water partition coefficient (Wildman–Crippen LogP) is 2.97. The van der Waals surface area contributed by atoms with Gasteiger partial charge in [0, 0.05) is 12.6 Å². The predicted molar refractivity (Wildman–Crippen MR) is 89.6 cm³/mol. The fraction of sp³-hybridized carbons (Fsp3) is 0.211. The van der Waals surface area contributed by atoms with Crippen LogP contribution in [0.1, 0.15) is 11.1 Å². The molecular formula is C19H18FNO3. The first-order valence-electron chi connectivity index (χ1n) is 7.81. The lowest BCUT2D eigenvalue weighted by Crippen LogP contribution is -2.23. The van der Waals surface area contributed by atoms with Gasteiger partial charge in [-0.2, -0.15) is 0 Å². The fourth-order valence-corrected chi connectivity index (χ4v) is 2.42. The smallest absolute Gasteiger partial charge is 0.244 e. The molecule has 2 aromatic rings. The maximum atomic E-state index is 13.1. The number of hydrogen-bond acceptors (Lipinski definition) is 3. The summed E-state index contributed by atoms with van der Waals surface area (Å²) in [5.74, 6) is 0.950. The van der Waals surface area contributed by atoms with Crippen LogP contribution in [0, 0.1) is 5.82 Å². The molecule has 0 spiro atoms. The number of carbonyl (C=O) groups excluding carboxylic acids is 1. The van der Waals surface area contributed by atoms with Gasteiger partial charge in [-0.25, -0.2) is 4.39 Å². The third-order valence-electron chi connectivity index (χ3n) is 3.60. The van der Waals surface area contributed by atoms with Crippen molar-refractivity contribution in [2.45, 2.75) is 6.42 Å². The molecule has 1 amide bonds. The summed E-state index contributed by atoms with van der Waals surface area (Å²) in [5.41, 5.74) is 1.71. The molecule has 1 aliphatic heterocycles. The molecule has 124 valence electrons. The van der Waals surface area contributed by atoms with Crippen molar-refractivity contribution in [3.63, 3.8) is 0 Å². The molecule has 1 aliphatic rings. The quantitative estimate of drug-likeness (QED) is 0.859. The molecule has 0 aliphatic carbocycles. The molecule has 0 fully saturated rings. The van der Waals surface area contributed by atoms with Gasteiger partial charge in [-0.3, -0.25) is 4.79 Å². The van der Waals surface area contributed by atoms with Gasteiger partial charge in [0.25, 0.3) is 0 Å². The summed E-state index contributed by atoms with van der Waals surface area (Å²) in [5, 5.41) is 2.78. The second-order valence-corrected chi connectivity index (χ2v) is 5.41. The van der Waals surface area contributed by atoms with Crippen molar-refractivity contribution in [3.8, 4) is 11.5 Å². The van der Waals surface area contributed by atoms with E-state index < -0.39 is 0 Å². The summed E-state index contributed by atoms with van der Waals surface area (Å²) in [4.78, 5) is 11.8. The molecule has 5 heteroatoms. The van der Waals surface area contributed by atoms with E-state index in [9.17, 15) is 9.18 Å². The van der Waals surface area contributed by atoms with Crippen LogP contribution in [-0.2, 0) is 11.2 Å². The molecule has 0 bridgehead atoms. The van der Waals surface area contributed by atoms with E-state index in [2.05, 4.69) is 5.32 Å². The number of hydrogen-bond donors (Lipinski definition) is 1. The van der Waals surface area contributed by atoms with E-state index >= 15 is 0 Å². The average molecular weight is 327 g/mol. The van der Waals surface area contributed by atoms with Gasteiger partial charge in [0.1, 0.15) is 19.0 Å². The van der Waals surface area contributed by atoms with Crippen LogP contribution in [0.15, 0.2) is 48.5 Å². The van der Waals surface area contributed by atoms with E-state index in [1.807, 2.05) is 24.3 Å². The van der Waals surface area contributed by atoms with Gasteiger partial charge in [-0.15, -0.1) is 0 Å². The lowest BCUT2D eigenvalue weighted by atomic mass is 10.1. The van der Waals surface area contributed by atoms with Crippen molar-refractivity contribution in [2.24, 2.45) is 0 Å². The Labute approximate surface area is 139 Å². The maximum absolute atomic E-state index is 13.1. The Bertz CT molecular complexity index is 758. The zero-order valence-corrected chi connectivity index (χ0v) is 13.1. The Morgan fingerprint density at radius 1 is 1.12 bits per heavy atom. The van der Waals surface area contributed by atoms with Crippen LogP contribution in [0.5, 0.6) is 11.5 Å². The lowest BCUT2D eigenvalue weighted by Gasteiger charge is -2.18. The van der Waals surface area contributed by atoms with Crippen LogP contribution in [-0.4, -0.2) is 25.7 Å². The summed E-state index contributed by atoms with van der Waals surface area (Å²) in [7, 11) is 0. The fourth-order valence-electron chi connectivity index (χ4n) is 2.42. The number of carbonyl (C=O) groups is 1. The number of ether oxygens (including phenoxy) is 2. The van der Waals surface area contributed by atoms with Gasteiger partial charge in [0.2, 0.25) is 5.91 Å². The van der Waals surface area contributed by atoms with Gasteiger partial charge < -0.3 is 14.8 Å². The summed E-state index contributed by atoms with van der Waals surface area (Å²) in [6, 6.07) is 11.9. The molecule has 3 rings (SSSR count). The van der Waals surface area contributed by atoms with Crippen LogP contribution < -0.4 is 14.8 Å². The SMILES string of the molecule is O=C(/C=C/c1ccc2c(c1)OCCO2)NCCc1cccc(F)c1. The van der Waals surface area contributed by atoms with E-state index in [1.54, 1.807) is 12.1 Å². The standard InChI is InChI=1S/C19H18FNO3/c20-16-3-1-2-14(12-16)8-9-21-19(22)7-5-15-4-6-17-18(13-15)24-11-10-23-17/h1-7,12-13H,8-11H2,(H,21,22)/b7-5+. The van der Waals surface area contributed by atoms with E-state index in [0.717, 1.165) is 16.9 Å². The van der Waals surface area contributed by atoms with Crippen LogP contribution in [0.2, 0.25) is 0 Å². The van der Waals surface area contributed by atoms with Crippen molar-refractivity contribution in [1.82, 2.24) is 5.32 Å². The summed E-state index contributed by atoms with van der Waals surface area (Å²) in [6.45, 7) is 1.53. The number of benzene rings is 2. The van der Waals surface area contributed by atoms with Crippen molar-refractivity contribution >= 4 is 12.0 Å². The second-order valence-electron chi connectivity index (χ2n) is 5.41. The van der Waals surface area contributed by atoms with E-state index in [-0.39, 0.29) is 11.7 Å². The highest BCUT2D eigenvalue weighted by atomic mass is 19.1. The average Bonchev–Trinajstić information content (AvgIpc) is 2.60. The molecule has 0 saturated carbocycles. The van der Waals surface area contributed by atoms with E-state index in [4.69, 9.17) is 9.47 Å². The van der Waals surface area contributed by atoms with Crippen molar-refractivity contribution in [2.75, 3.05) is 19.8 Å². The number of halogens is 1. The molecular weight excluding hydrogens is 309 g/mol. The van der Waals surface area contributed by atoms with Gasteiger partial charge >= 0.3 is 0 Å². The maximum Gasteiger partial charge on any atom is 0.244 e. The molecule has 0 saturated heterocycles. The first-order valence-corrected chi connectivity index (χ1v) is 7.81. The van der Waals surface area contributed by atoms with Crippen LogP contribution >= 0.6 is 0 Å². The first-order chi connectivity index (χ1) is 11.7. The molecule has 0 radical (unpaired) electrons. The summed E-state index contributed by atoms with van der Waals surface area (Å²) >= 11 is 0. The second kappa shape index (κ2) is 7.64. The Morgan fingerprint density at radius 3 is 2.79 bits per heavy atom. The number of nitrogens with one attached hydrogen (secondary N) is 1. The zero-order valence-electron chi connectivity index (χ0n) is 13.1. The Morgan fingerprint density at radius 2 is 1.96 bits per heavy atom. The van der Waals surface area contributed by atoms with Crippen LogP contribution in [0.4, 0.5) is 4.39 Å². The topological polar surface area (TPSA) is 47.6 Å². The first kappa shape index (κ1) is 16.1. The van der Waals surface area contributed by atoms with E-state index in [1.165, 1.54) is 18.2 Å². The molecule has 2 aromatic carbocycles. The van der Waals surface area contributed by atoms with Gasteiger partial charge in [-0.05, 0) is 47.9 Å². The van der Waals surface area contributed by atoms with Crippen LogP contribution in [0.3, 0.4) is 0 Å². The number of rotatable bonds is 5. The Balaban J connectivity index is 1.50. The number of amides is 1. The highest BCUT2D eigenvalue weighted by Gasteiger charge is 2.10. The minimum absolute atomic E-state index is 0.193. The number of fused-ring (bicyclic) bond motifs is 1.